The molecular weight excluding hydrogens is 264 g/mol. The second kappa shape index (κ2) is 5.30. The van der Waals surface area contributed by atoms with Crippen LogP contribution in [0.5, 0.6) is 0 Å². The molecule has 0 aromatic carbocycles. The van der Waals surface area contributed by atoms with Crippen LogP contribution in [0.4, 0.5) is 0 Å². The third kappa shape index (κ3) is 2.62. The van der Waals surface area contributed by atoms with Gasteiger partial charge in [-0.3, -0.25) is 0 Å². The summed E-state index contributed by atoms with van der Waals surface area (Å²) in [7, 11) is 0. The Bertz CT molecular complexity index is 626. The lowest BCUT2D eigenvalue weighted by molar-refractivity contribution is 0.366. The first-order valence-corrected chi connectivity index (χ1v) is 8.08. The molecule has 112 valence electrons. The molecule has 0 bridgehead atoms. The predicted octanol–water partition coefficient (Wildman–Crippen LogP) is 2.78. The van der Waals surface area contributed by atoms with Gasteiger partial charge in [-0.15, -0.1) is 0 Å². The maximum Gasteiger partial charge on any atom is 0.246 e. The summed E-state index contributed by atoms with van der Waals surface area (Å²) in [4.78, 5) is 4.51. The Morgan fingerprint density at radius 2 is 2.24 bits per heavy atom. The lowest BCUT2D eigenvalue weighted by Gasteiger charge is -2.22. The van der Waals surface area contributed by atoms with Gasteiger partial charge < -0.3 is 14.4 Å². The van der Waals surface area contributed by atoms with Gasteiger partial charge in [0.15, 0.2) is 5.82 Å². The number of hydrogen-bond acceptors (Lipinski definition) is 4. The molecule has 1 atom stereocenters. The Hall–Kier alpha value is -1.62. The van der Waals surface area contributed by atoms with Gasteiger partial charge in [0.05, 0.1) is 0 Å². The van der Waals surface area contributed by atoms with Gasteiger partial charge in [-0.05, 0) is 49.8 Å². The van der Waals surface area contributed by atoms with Crippen LogP contribution < -0.4 is 5.32 Å². The first kappa shape index (κ1) is 13.1. The Morgan fingerprint density at radius 3 is 3.05 bits per heavy atom. The van der Waals surface area contributed by atoms with Crippen molar-refractivity contribution in [1.29, 1.82) is 0 Å². The van der Waals surface area contributed by atoms with Crippen LogP contribution in [0.25, 0.3) is 0 Å². The molecular formula is C16H22N4O. The fraction of sp³-hybridized carbons (Fsp3) is 0.625. The zero-order valence-corrected chi connectivity index (χ0v) is 12.5. The largest absolute Gasteiger partial charge is 0.344 e. The fourth-order valence-corrected chi connectivity index (χ4v) is 3.29. The van der Waals surface area contributed by atoms with Crippen LogP contribution in [0.2, 0.25) is 0 Å². The number of hydrogen-bond donors (Lipinski definition) is 1. The molecule has 1 fully saturated rings. The molecule has 21 heavy (non-hydrogen) atoms. The molecule has 1 saturated carbocycles. The summed E-state index contributed by atoms with van der Waals surface area (Å²) >= 11 is 0. The summed E-state index contributed by atoms with van der Waals surface area (Å²) in [6.07, 6.45) is 10.6. The van der Waals surface area contributed by atoms with Crippen molar-refractivity contribution in [2.75, 3.05) is 6.54 Å². The molecule has 0 radical (unpaired) electrons. The Labute approximate surface area is 124 Å². The van der Waals surface area contributed by atoms with E-state index in [9.17, 15) is 0 Å². The summed E-state index contributed by atoms with van der Waals surface area (Å²) in [5, 5.41) is 7.67. The zero-order valence-electron chi connectivity index (χ0n) is 12.5. The Kier molecular flexibility index (Phi) is 3.30. The van der Waals surface area contributed by atoms with Crippen LogP contribution in [-0.2, 0) is 13.0 Å². The van der Waals surface area contributed by atoms with E-state index in [1.165, 1.54) is 43.2 Å². The molecule has 0 spiro atoms. The number of fused-ring (bicyclic) bond motifs is 1. The molecule has 5 heteroatoms. The fourth-order valence-electron chi connectivity index (χ4n) is 3.29. The van der Waals surface area contributed by atoms with E-state index in [0.29, 0.717) is 18.5 Å². The van der Waals surface area contributed by atoms with E-state index in [4.69, 9.17) is 4.52 Å². The summed E-state index contributed by atoms with van der Waals surface area (Å²) in [5.41, 5.74) is 2.92. The topological polar surface area (TPSA) is 55.9 Å². The molecule has 4 rings (SSSR count). The first-order valence-electron chi connectivity index (χ1n) is 8.08. The van der Waals surface area contributed by atoms with Crippen molar-refractivity contribution in [3.63, 3.8) is 0 Å². The highest BCUT2D eigenvalue weighted by Crippen LogP contribution is 2.38. The maximum absolute atomic E-state index is 5.38. The zero-order chi connectivity index (χ0) is 14.2. The number of nitrogens with zero attached hydrogens (tertiary/aromatic N) is 3. The summed E-state index contributed by atoms with van der Waals surface area (Å²) < 4.78 is 7.58. The molecule has 0 amide bonds. The number of rotatable bonds is 5. The molecule has 1 N–H and O–H groups in total. The lowest BCUT2D eigenvalue weighted by Crippen LogP contribution is -2.23. The van der Waals surface area contributed by atoms with Crippen molar-refractivity contribution < 1.29 is 4.52 Å². The monoisotopic (exact) mass is 286 g/mol. The van der Waals surface area contributed by atoms with E-state index in [-0.39, 0.29) is 0 Å². The molecule has 2 aliphatic carbocycles. The normalized spacial score (nSPS) is 21.5. The van der Waals surface area contributed by atoms with E-state index in [2.05, 4.69) is 39.3 Å². The Morgan fingerprint density at radius 1 is 1.33 bits per heavy atom. The second-order valence-electron chi connectivity index (χ2n) is 6.23. The van der Waals surface area contributed by atoms with Crippen LogP contribution in [0.3, 0.4) is 0 Å². The number of aromatic nitrogens is 3. The van der Waals surface area contributed by atoms with Crippen molar-refractivity contribution >= 4 is 0 Å². The van der Waals surface area contributed by atoms with E-state index < -0.39 is 0 Å². The van der Waals surface area contributed by atoms with Gasteiger partial charge in [-0.25, -0.2) is 0 Å². The average Bonchev–Trinajstić information content (AvgIpc) is 3.08. The van der Waals surface area contributed by atoms with E-state index in [0.717, 1.165) is 18.3 Å². The van der Waals surface area contributed by atoms with Crippen LogP contribution >= 0.6 is 0 Å². The maximum atomic E-state index is 5.38. The molecule has 2 aliphatic rings. The number of nitrogens with one attached hydrogen (secondary N) is 1. The summed E-state index contributed by atoms with van der Waals surface area (Å²) in [5.74, 6) is 2.18. The molecule has 1 unspecified atom stereocenters. The highest BCUT2D eigenvalue weighted by atomic mass is 16.5. The van der Waals surface area contributed by atoms with Crippen LogP contribution in [0.1, 0.15) is 67.4 Å². The van der Waals surface area contributed by atoms with E-state index in [1.807, 2.05) is 0 Å². The van der Waals surface area contributed by atoms with Crippen molar-refractivity contribution in [3.8, 4) is 0 Å². The van der Waals surface area contributed by atoms with Crippen molar-refractivity contribution in [2.45, 2.75) is 57.5 Å². The van der Waals surface area contributed by atoms with E-state index >= 15 is 0 Å². The molecule has 2 aromatic rings. The van der Waals surface area contributed by atoms with Crippen LogP contribution in [0.15, 0.2) is 16.9 Å². The molecule has 5 nitrogen and oxygen atoms in total. The van der Waals surface area contributed by atoms with Gasteiger partial charge in [0, 0.05) is 24.4 Å². The van der Waals surface area contributed by atoms with Gasteiger partial charge in [-0.2, -0.15) is 4.98 Å². The van der Waals surface area contributed by atoms with Gasteiger partial charge >= 0.3 is 0 Å². The van der Waals surface area contributed by atoms with Gasteiger partial charge in [0.25, 0.3) is 0 Å². The molecule has 0 saturated heterocycles. The van der Waals surface area contributed by atoms with Gasteiger partial charge in [0.2, 0.25) is 5.89 Å². The third-order valence-corrected chi connectivity index (χ3v) is 4.51. The van der Waals surface area contributed by atoms with Crippen LogP contribution in [0, 0.1) is 0 Å². The lowest BCUT2D eigenvalue weighted by atomic mass is 9.91. The standard InChI is InChI=1S/C16H22N4O/c1-2-17-14-5-3-4-12-8-20(9-13(12)14)10-15-18-16(19-21-15)11-6-7-11/h8-9,11,14,17H,2-7,10H2,1H3. The van der Waals surface area contributed by atoms with Gasteiger partial charge in [0.1, 0.15) is 6.54 Å². The highest BCUT2D eigenvalue weighted by molar-refractivity contribution is 5.30. The minimum absolute atomic E-state index is 0.504. The Balaban J connectivity index is 1.52. The predicted molar refractivity (Wildman–Crippen MR) is 79.2 cm³/mol. The first-order chi connectivity index (χ1) is 10.3. The summed E-state index contributed by atoms with van der Waals surface area (Å²) in [6.45, 7) is 3.87. The minimum Gasteiger partial charge on any atom is -0.344 e. The molecule has 0 aliphatic heterocycles. The smallest absolute Gasteiger partial charge is 0.246 e. The average molecular weight is 286 g/mol. The third-order valence-electron chi connectivity index (χ3n) is 4.51. The molecule has 2 aromatic heterocycles. The van der Waals surface area contributed by atoms with E-state index in [1.54, 1.807) is 0 Å². The minimum atomic E-state index is 0.504. The van der Waals surface area contributed by atoms with Gasteiger partial charge in [-0.1, -0.05) is 12.1 Å². The van der Waals surface area contributed by atoms with Crippen molar-refractivity contribution in [3.05, 3.63) is 35.2 Å². The van der Waals surface area contributed by atoms with Crippen molar-refractivity contribution in [2.24, 2.45) is 0 Å². The summed E-state index contributed by atoms with van der Waals surface area (Å²) in [6, 6.07) is 0.504. The quantitative estimate of drug-likeness (QED) is 0.918. The number of aryl methyl sites for hydroxylation is 1. The highest BCUT2D eigenvalue weighted by Gasteiger charge is 2.29. The molecule has 2 heterocycles. The SMILES string of the molecule is CCNC1CCCc2cn(Cc3nc(C4CC4)no3)cc21. The van der Waals surface area contributed by atoms with Crippen molar-refractivity contribution in [1.82, 2.24) is 20.0 Å². The van der Waals surface area contributed by atoms with Crippen LogP contribution in [-0.4, -0.2) is 21.3 Å². The second-order valence-corrected chi connectivity index (χ2v) is 6.23.